The van der Waals surface area contributed by atoms with Gasteiger partial charge in [0.2, 0.25) is 5.91 Å². The van der Waals surface area contributed by atoms with Gasteiger partial charge in [-0.1, -0.05) is 20.3 Å². The van der Waals surface area contributed by atoms with Gasteiger partial charge >= 0.3 is 5.97 Å². The lowest BCUT2D eigenvalue weighted by Gasteiger charge is -2.22. The van der Waals surface area contributed by atoms with Crippen molar-refractivity contribution < 1.29 is 14.7 Å². The third-order valence-corrected chi connectivity index (χ3v) is 3.39. The van der Waals surface area contributed by atoms with Gasteiger partial charge in [-0.25, -0.2) is 4.79 Å². The van der Waals surface area contributed by atoms with Crippen LogP contribution in [-0.4, -0.2) is 41.1 Å². The normalized spacial score (nSPS) is 16.0. The predicted molar refractivity (Wildman–Crippen MR) is 70.0 cm³/mol. The molecule has 1 amide bonds. The van der Waals surface area contributed by atoms with Crippen LogP contribution in [0.15, 0.2) is 0 Å². The molecule has 0 heterocycles. The number of thioether (sulfide) groups is 1. The van der Waals surface area contributed by atoms with E-state index in [2.05, 4.69) is 5.32 Å². The van der Waals surface area contributed by atoms with Gasteiger partial charge in [0.15, 0.2) is 0 Å². The SMILES string of the molecule is CC[C@H](C)[C@H](NC(=O)[C@H](N)CCSC)C(=O)O. The third kappa shape index (κ3) is 5.93. The van der Waals surface area contributed by atoms with E-state index in [-0.39, 0.29) is 11.8 Å². The van der Waals surface area contributed by atoms with Crippen molar-refractivity contribution in [3.63, 3.8) is 0 Å². The summed E-state index contributed by atoms with van der Waals surface area (Å²) in [6, 6.07) is -1.49. The van der Waals surface area contributed by atoms with Crippen LogP contribution in [0.5, 0.6) is 0 Å². The maximum atomic E-state index is 11.7. The van der Waals surface area contributed by atoms with Crippen LogP contribution < -0.4 is 11.1 Å². The van der Waals surface area contributed by atoms with Gasteiger partial charge in [-0.15, -0.1) is 0 Å². The Kier molecular flexibility index (Phi) is 7.99. The highest BCUT2D eigenvalue weighted by molar-refractivity contribution is 7.98. The van der Waals surface area contributed by atoms with E-state index in [9.17, 15) is 9.59 Å². The number of aliphatic carboxylic acids is 1. The minimum absolute atomic E-state index is 0.107. The molecule has 0 aromatic rings. The molecule has 5 nitrogen and oxygen atoms in total. The number of carboxylic acid groups (broad SMARTS) is 1. The summed E-state index contributed by atoms with van der Waals surface area (Å²) in [6.45, 7) is 3.69. The van der Waals surface area contributed by atoms with Crippen molar-refractivity contribution in [1.82, 2.24) is 5.32 Å². The van der Waals surface area contributed by atoms with Crippen molar-refractivity contribution in [2.45, 2.75) is 38.8 Å². The van der Waals surface area contributed by atoms with E-state index in [4.69, 9.17) is 10.8 Å². The van der Waals surface area contributed by atoms with Gasteiger partial charge in [-0.3, -0.25) is 4.79 Å². The van der Waals surface area contributed by atoms with Crippen LogP contribution in [0.1, 0.15) is 26.7 Å². The van der Waals surface area contributed by atoms with E-state index >= 15 is 0 Å². The van der Waals surface area contributed by atoms with Crippen molar-refractivity contribution in [2.24, 2.45) is 11.7 Å². The number of carbonyl (C=O) groups excluding carboxylic acids is 1. The van der Waals surface area contributed by atoms with Gasteiger partial charge in [0.25, 0.3) is 0 Å². The Morgan fingerprint density at radius 1 is 1.47 bits per heavy atom. The lowest BCUT2D eigenvalue weighted by molar-refractivity contribution is -0.143. The lowest BCUT2D eigenvalue weighted by Crippen LogP contribution is -2.51. The molecule has 0 aromatic carbocycles. The summed E-state index contributed by atoms with van der Waals surface area (Å²) in [7, 11) is 0. The molecule has 0 spiro atoms. The van der Waals surface area contributed by atoms with E-state index in [0.29, 0.717) is 12.8 Å². The number of carboxylic acids is 1. The topological polar surface area (TPSA) is 92.4 Å². The van der Waals surface area contributed by atoms with E-state index in [1.165, 1.54) is 0 Å². The smallest absolute Gasteiger partial charge is 0.326 e. The van der Waals surface area contributed by atoms with Crippen LogP contribution >= 0.6 is 11.8 Å². The maximum Gasteiger partial charge on any atom is 0.326 e. The third-order valence-electron chi connectivity index (χ3n) is 2.75. The first kappa shape index (κ1) is 16.2. The first-order valence-corrected chi connectivity index (χ1v) is 7.11. The Morgan fingerprint density at radius 2 is 2.06 bits per heavy atom. The highest BCUT2D eigenvalue weighted by atomic mass is 32.2. The monoisotopic (exact) mass is 262 g/mol. The Hall–Kier alpha value is -0.750. The van der Waals surface area contributed by atoms with Gasteiger partial charge in [-0.2, -0.15) is 11.8 Å². The zero-order valence-electron chi connectivity index (χ0n) is 10.6. The van der Waals surface area contributed by atoms with Crippen molar-refractivity contribution in [3.05, 3.63) is 0 Å². The minimum atomic E-state index is -1.01. The Balaban J connectivity index is 4.35. The fourth-order valence-electron chi connectivity index (χ4n) is 1.32. The Bertz CT molecular complexity index is 261. The van der Waals surface area contributed by atoms with Gasteiger partial charge in [-0.05, 0) is 24.3 Å². The van der Waals surface area contributed by atoms with E-state index in [1.807, 2.05) is 13.2 Å². The molecule has 0 bridgehead atoms. The lowest BCUT2D eigenvalue weighted by atomic mass is 9.99. The Morgan fingerprint density at radius 3 is 2.47 bits per heavy atom. The number of hydrogen-bond donors (Lipinski definition) is 3. The molecule has 0 aromatic heterocycles. The number of amides is 1. The summed E-state index contributed by atoms with van der Waals surface area (Å²) < 4.78 is 0. The quantitative estimate of drug-likeness (QED) is 0.598. The molecule has 0 unspecified atom stereocenters. The molecule has 17 heavy (non-hydrogen) atoms. The second-order valence-electron chi connectivity index (χ2n) is 4.10. The summed E-state index contributed by atoms with van der Waals surface area (Å²) in [6.07, 6.45) is 3.18. The van der Waals surface area contributed by atoms with Crippen molar-refractivity contribution in [1.29, 1.82) is 0 Å². The predicted octanol–water partition coefficient (Wildman–Crippen LogP) is 0.682. The second kappa shape index (κ2) is 8.36. The van der Waals surface area contributed by atoms with E-state index < -0.39 is 18.1 Å². The minimum Gasteiger partial charge on any atom is -0.480 e. The van der Waals surface area contributed by atoms with Gasteiger partial charge in [0.1, 0.15) is 6.04 Å². The zero-order chi connectivity index (χ0) is 13.4. The van der Waals surface area contributed by atoms with Crippen LogP contribution in [0.4, 0.5) is 0 Å². The number of carbonyl (C=O) groups is 2. The first-order valence-electron chi connectivity index (χ1n) is 5.71. The molecular weight excluding hydrogens is 240 g/mol. The van der Waals surface area contributed by atoms with Gasteiger partial charge in [0.05, 0.1) is 6.04 Å². The molecule has 0 aliphatic rings. The Labute approximate surface area is 107 Å². The van der Waals surface area contributed by atoms with Crippen molar-refractivity contribution in [3.8, 4) is 0 Å². The van der Waals surface area contributed by atoms with E-state index in [1.54, 1.807) is 18.7 Å². The van der Waals surface area contributed by atoms with Gasteiger partial charge in [0, 0.05) is 0 Å². The summed E-state index contributed by atoms with van der Waals surface area (Å²) in [5.74, 6) is -0.712. The average molecular weight is 262 g/mol. The largest absolute Gasteiger partial charge is 0.480 e. The summed E-state index contributed by atoms with van der Waals surface area (Å²) >= 11 is 1.61. The number of hydrogen-bond acceptors (Lipinski definition) is 4. The van der Waals surface area contributed by atoms with Crippen LogP contribution in [0, 0.1) is 5.92 Å². The number of rotatable bonds is 8. The van der Waals surface area contributed by atoms with Crippen LogP contribution in [-0.2, 0) is 9.59 Å². The first-order chi connectivity index (χ1) is 7.93. The summed E-state index contributed by atoms with van der Waals surface area (Å²) in [5, 5.41) is 11.5. The van der Waals surface area contributed by atoms with Crippen LogP contribution in [0.25, 0.3) is 0 Å². The standard InChI is InChI=1S/C11H22N2O3S/c1-4-7(2)9(11(15)16)13-10(14)8(12)5-6-17-3/h7-9H,4-6,12H2,1-3H3,(H,13,14)(H,15,16)/t7-,8+,9-/m0/s1. The average Bonchev–Trinajstić information content (AvgIpc) is 2.31. The highest BCUT2D eigenvalue weighted by Crippen LogP contribution is 2.08. The number of nitrogens with two attached hydrogens (primary N) is 1. The molecule has 0 aliphatic carbocycles. The highest BCUT2D eigenvalue weighted by Gasteiger charge is 2.27. The molecule has 4 N–H and O–H groups in total. The molecule has 0 aliphatic heterocycles. The molecule has 6 heteroatoms. The molecule has 100 valence electrons. The fraction of sp³-hybridized carbons (Fsp3) is 0.818. The molecule has 0 fully saturated rings. The summed E-state index contributed by atoms with van der Waals surface area (Å²) in [5.41, 5.74) is 5.68. The molecule has 0 radical (unpaired) electrons. The maximum absolute atomic E-state index is 11.7. The van der Waals surface area contributed by atoms with Crippen molar-refractivity contribution >= 4 is 23.6 Å². The second-order valence-corrected chi connectivity index (χ2v) is 5.08. The molecule has 3 atom stereocenters. The van der Waals surface area contributed by atoms with Crippen LogP contribution in [0.2, 0.25) is 0 Å². The molecule has 0 rings (SSSR count). The molecule has 0 saturated carbocycles. The van der Waals surface area contributed by atoms with Crippen molar-refractivity contribution in [2.75, 3.05) is 12.0 Å². The van der Waals surface area contributed by atoms with Crippen LogP contribution in [0.3, 0.4) is 0 Å². The van der Waals surface area contributed by atoms with Gasteiger partial charge < -0.3 is 16.2 Å². The number of nitrogens with one attached hydrogen (secondary N) is 1. The fourth-order valence-corrected chi connectivity index (χ4v) is 1.81. The molecular formula is C11H22N2O3S. The van der Waals surface area contributed by atoms with E-state index in [0.717, 1.165) is 5.75 Å². The molecule has 0 saturated heterocycles. The summed E-state index contributed by atoms with van der Waals surface area (Å²) in [4.78, 5) is 22.7. The zero-order valence-corrected chi connectivity index (χ0v) is 11.4.